The number of nitrogen functional groups attached to an aromatic ring is 1. The molecule has 0 atom stereocenters. The number of rotatable bonds is 5. The quantitative estimate of drug-likeness (QED) is 0.853. The lowest BCUT2D eigenvalue weighted by Crippen LogP contribution is -2.20. The van der Waals surface area contributed by atoms with Crippen molar-refractivity contribution in [3.8, 4) is 6.01 Å². The zero-order chi connectivity index (χ0) is 13.7. The SMILES string of the molecule is CCOc1nc(N)nc(N(C)Cc2ccncc2)n1. The Kier molecular flexibility index (Phi) is 4.07. The summed E-state index contributed by atoms with van der Waals surface area (Å²) in [7, 11) is 1.88. The molecule has 0 bridgehead atoms. The minimum Gasteiger partial charge on any atom is -0.464 e. The van der Waals surface area contributed by atoms with Crippen molar-refractivity contribution in [1.29, 1.82) is 0 Å². The zero-order valence-corrected chi connectivity index (χ0v) is 10.9. The van der Waals surface area contributed by atoms with Crippen molar-refractivity contribution in [2.45, 2.75) is 13.5 Å². The minimum absolute atomic E-state index is 0.148. The van der Waals surface area contributed by atoms with Gasteiger partial charge in [-0.15, -0.1) is 0 Å². The number of hydrogen-bond acceptors (Lipinski definition) is 7. The van der Waals surface area contributed by atoms with E-state index in [2.05, 4.69) is 19.9 Å². The highest BCUT2D eigenvalue weighted by Crippen LogP contribution is 2.14. The van der Waals surface area contributed by atoms with Gasteiger partial charge in [0.25, 0.3) is 0 Å². The van der Waals surface area contributed by atoms with Crippen LogP contribution in [0.3, 0.4) is 0 Å². The maximum atomic E-state index is 5.64. The fourth-order valence-electron chi connectivity index (χ4n) is 1.56. The predicted octanol–water partition coefficient (Wildman–Crippen LogP) is 0.884. The van der Waals surface area contributed by atoms with Crippen LogP contribution in [0.25, 0.3) is 0 Å². The molecule has 2 aromatic rings. The van der Waals surface area contributed by atoms with Gasteiger partial charge in [0.1, 0.15) is 0 Å². The van der Waals surface area contributed by atoms with Gasteiger partial charge in [0, 0.05) is 26.0 Å². The molecule has 0 spiro atoms. The Bertz CT molecular complexity index is 533. The van der Waals surface area contributed by atoms with Gasteiger partial charge in [-0.3, -0.25) is 4.98 Å². The van der Waals surface area contributed by atoms with Gasteiger partial charge in [0.05, 0.1) is 6.61 Å². The Hall–Kier alpha value is -2.44. The van der Waals surface area contributed by atoms with Crippen molar-refractivity contribution < 1.29 is 4.74 Å². The number of hydrogen-bond donors (Lipinski definition) is 1. The number of aromatic nitrogens is 4. The molecule has 7 heteroatoms. The van der Waals surface area contributed by atoms with E-state index in [9.17, 15) is 0 Å². The maximum absolute atomic E-state index is 5.64. The zero-order valence-electron chi connectivity index (χ0n) is 10.9. The largest absolute Gasteiger partial charge is 0.464 e. The first-order chi connectivity index (χ1) is 9.19. The van der Waals surface area contributed by atoms with Crippen LogP contribution in [0.2, 0.25) is 0 Å². The van der Waals surface area contributed by atoms with E-state index < -0.39 is 0 Å². The maximum Gasteiger partial charge on any atom is 0.323 e. The molecule has 0 aliphatic rings. The highest BCUT2D eigenvalue weighted by atomic mass is 16.5. The first kappa shape index (κ1) is 13.0. The molecule has 0 aliphatic heterocycles. The molecule has 0 unspecified atom stereocenters. The Morgan fingerprint density at radius 2 is 1.95 bits per heavy atom. The third kappa shape index (κ3) is 3.51. The molecule has 0 saturated heterocycles. The molecule has 0 fully saturated rings. The summed E-state index contributed by atoms with van der Waals surface area (Å²) in [4.78, 5) is 18.1. The molecule has 0 aliphatic carbocycles. The molecular weight excluding hydrogens is 244 g/mol. The molecule has 0 radical (unpaired) electrons. The number of anilines is 2. The van der Waals surface area contributed by atoms with E-state index in [1.54, 1.807) is 12.4 Å². The molecule has 2 N–H and O–H groups in total. The van der Waals surface area contributed by atoms with Crippen LogP contribution in [0.4, 0.5) is 11.9 Å². The van der Waals surface area contributed by atoms with Crippen LogP contribution in [-0.4, -0.2) is 33.6 Å². The second-order valence-electron chi connectivity index (χ2n) is 3.92. The van der Waals surface area contributed by atoms with Gasteiger partial charge in [-0.2, -0.15) is 15.0 Å². The van der Waals surface area contributed by atoms with E-state index >= 15 is 0 Å². The van der Waals surface area contributed by atoms with Crippen LogP contribution in [0.1, 0.15) is 12.5 Å². The molecule has 2 aromatic heterocycles. The van der Waals surface area contributed by atoms with Crippen molar-refractivity contribution in [3.63, 3.8) is 0 Å². The molecule has 7 nitrogen and oxygen atoms in total. The number of nitrogens with two attached hydrogens (primary N) is 1. The van der Waals surface area contributed by atoms with Crippen molar-refractivity contribution in [3.05, 3.63) is 30.1 Å². The average molecular weight is 260 g/mol. The van der Waals surface area contributed by atoms with Crippen LogP contribution < -0.4 is 15.4 Å². The van der Waals surface area contributed by atoms with Gasteiger partial charge in [-0.1, -0.05) is 0 Å². The van der Waals surface area contributed by atoms with E-state index in [0.717, 1.165) is 5.56 Å². The standard InChI is InChI=1S/C12H16N6O/c1-3-19-12-16-10(13)15-11(17-12)18(2)8-9-4-6-14-7-5-9/h4-7H,3,8H2,1-2H3,(H2,13,15,16,17). The lowest BCUT2D eigenvalue weighted by molar-refractivity contribution is 0.312. The van der Waals surface area contributed by atoms with Gasteiger partial charge in [-0.25, -0.2) is 0 Å². The molecule has 0 aromatic carbocycles. The summed E-state index contributed by atoms with van der Waals surface area (Å²) < 4.78 is 5.25. The third-order valence-electron chi connectivity index (χ3n) is 2.40. The summed E-state index contributed by atoms with van der Waals surface area (Å²) in [5, 5.41) is 0. The van der Waals surface area contributed by atoms with Crippen LogP contribution >= 0.6 is 0 Å². The van der Waals surface area contributed by atoms with E-state index in [-0.39, 0.29) is 12.0 Å². The summed E-state index contributed by atoms with van der Waals surface area (Å²) in [6, 6.07) is 4.11. The lowest BCUT2D eigenvalue weighted by Gasteiger charge is -2.17. The van der Waals surface area contributed by atoms with Gasteiger partial charge >= 0.3 is 6.01 Å². The Labute approximate surface area is 111 Å². The van der Waals surface area contributed by atoms with Crippen LogP contribution in [0.15, 0.2) is 24.5 Å². The van der Waals surface area contributed by atoms with Crippen molar-refractivity contribution in [2.75, 3.05) is 24.3 Å². The summed E-state index contributed by atoms with van der Waals surface area (Å²) in [5.74, 6) is 0.628. The summed E-state index contributed by atoms with van der Waals surface area (Å²) in [6.45, 7) is 2.99. The summed E-state index contributed by atoms with van der Waals surface area (Å²) in [5.41, 5.74) is 6.75. The van der Waals surface area contributed by atoms with Gasteiger partial charge in [0.2, 0.25) is 11.9 Å². The second-order valence-corrected chi connectivity index (χ2v) is 3.92. The molecule has 0 amide bonds. The van der Waals surface area contributed by atoms with E-state index in [4.69, 9.17) is 10.5 Å². The monoisotopic (exact) mass is 260 g/mol. The topological polar surface area (TPSA) is 90.0 Å². The summed E-state index contributed by atoms with van der Waals surface area (Å²) >= 11 is 0. The molecule has 100 valence electrons. The minimum atomic E-state index is 0.148. The van der Waals surface area contributed by atoms with Gasteiger partial charge in [-0.05, 0) is 24.6 Å². The first-order valence-corrected chi connectivity index (χ1v) is 5.93. The van der Waals surface area contributed by atoms with Crippen molar-refractivity contribution in [1.82, 2.24) is 19.9 Å². The Morgan fingerprint density at radius 3 is 2.63 bits per heavy atom. The smallest absolute Gasteiger partial charge is 0.323 e. The van der Waals surface area contributed by atoms with Gasteiger partial charge < -0.3 is 15.4 Å². The van der Waals surface area contributed by atoms with Crippen LogP contribution in [0, 0.1) is 0 Å². The normalized spacial score (nSPS) is 10.2. The number of nitrogens with zero attached hydrogens (tertiary/aromatic N) is 5. The van der Waals surface area contributed by atoms with Crippen LogP contribution in [0.5, 0.6) is 6.01 Å². The first-order valence-electron chi connectivity index (χ1n) is 5.93. The highest BCUT2D eigenvalue weighted by Gasteiger charge is 2.10. The van der Waals surface area contributed by atoms with Crippen molar-refractivity contribution >= 4 is 11.9 Å². The summed E-state index contributed by atoms with van der Waals surface area (Å²) in [6.07, 6.45) is 3.49. The van der Waals surface area contributed by atoms with Crippen molar-refractivity contribution in [2.24, 2.45) is 0 Å². The van der Waals surface area contributed by atoms with E-state index in [1.807, 2.05) is 31.0 Å². The van der Waals surface area contributed by atoms with Crippen LogP contribution in [-0.2, 0) is 6.54 Å². The third-order valence-corrected chi connectivity index (χ3v) is 2.40. The van der Waals surface area contributed by atoms with E-state index in [1.165, 1.54) is 0 Å². The highest BCUT2D eigenvalue weighted by molar-refractivity contribution is 5.36. The second kappa shape index (κ2) is 5.94. The fraction of sp³-hybridized carbons (Fsp3) is 0.333. The fourth-order valence-corrected chi connectivity index (χ4v) is 1.56. The lowest BCUT2D eigenvalue weighted by atomic mass is 10.2. The average Bonchev–Trinajstić information content (AvgIpc) is 2.39. The Balaban J connectivity index is 2.16. The molecule has 19 heavy (non-hydrogen) atoms. The molecule has 2 heterocycles. The number of pyridine rings is 1. The predicted molar refractivity (Wildman–Crippen MR) is 71.8 cm³/mol. The van der Waals surface area contributed by atoms with Gasteiger partial charge in [0.15, 0.2) is 0 Å². The Morgan fingerprint density at radius 1 is 1.21 bits per heavy atom. The van der Waals surface area contributed by atoms with E-state index in [0.29, 0.717) is 19.1 Å². The molecule has 0 saturated carbocycles. The molecular formula is C12H16N6O. The number of ether oxygens (including phenoxy) is 1. The molecule has 2 rings (SSSR count).